The van der Waals surface area contributed by atoms with Crippen LogP contribution in [0.1, 0.15) is 85.9 Å². The van der Waals surface area contributed by atoms with E-state index in [0.29, 0.717) is 49.7 Å². The molecule has 0 aliphatic carbocycles. The summed E-state index contributed by atoms with van der Waals surface area (Å²) in [4.78, 5) is 43.8. The highest BCUT2D eigenvalue weighted by atomic mass is 16.5. The van der Waals surface area contributed by atoms with Crippen LogP contribution in [0.2, 0.25) is 0 Å². The largest absolute Gasteiger partial charge is 0.478 e. The van der Waals surface area contributed by atoms with Gasteiger partial charge in [-0.25, -0.2) is 9.59 Å². The summed E-state index contributed by atoms with van der Waals surface area (Å²) in [6, 6.07) is 9.15. The summed E-state index contributed by atoms with van der Waals surface area (Å²) in [5.41, 5.74) is 0.381. The van der Waals surface area contributed by atoms with Crippen LogP contribution in [-0.4, -0.2) is 47.3 Å². The van der Waals surface area contributed by atoms with E-state index in [1.165, 1.54) is 37.1 Å². The number of hydrogen-bond donors (Lipinski definition) is 2. The van der Waals surface area contributed by atoms with Crippen LogP contribution >= 0.6 is 0 Å². The lowest BCUT2D eigenvalue weighted by atomic mass is 10.0. The Kier molecular flexibility index (Phi) is 13.7. The Bertz CT molecular complexity index is 898. The van der Waals surface area contributed by atoms with Gasteiger partial charge in [-0.2, -0.15) is 0 Å². The van der Waals surface area contributed by atoms with Crippen molar-refractivity contribution in [3.05, 3.63) is 47.5 Å². The van der Waals surface area contributed by atoms with Crippen molar-refractivity contribution in [2.45, 2.75) is 65.2 Å². The summed E-state index contributed by atoms with van der Waals surface area (Å²) in [6.45, 7) is 4.87. The van der Waals surface area contributed by atoms with Crippen LogP contribution in [0, 0.1) is 0 Å². The molecule has 0 unspecified atom stereocenters. The van der Waals surface area contributed by atoms with Gasteiger partial charge in [-0.15, -0.1) is 0 Å². The minimum absolute atomic E-state index is 0.157. The molecule has 8 heteroatoms. The van der Waals surface area contributed by atoms with Gasteiger partial charge >= 0.3 is 23.9 Å². The molecule has 2 N–H and O–H groups in total. The average Bonchev–Trinajstić information content (AvgIpc) is 2.81. The molecule has 8 nitrogen and oxygen atoms in total. The number of carbonyl (C=O) groups excluding carboxylic acids is 2. The van der Waals surface area contributed by atoms with Crippen molar-refractivity contribution in [1.82, 2.24) is 0 Å². The standard InChI is InChI=1S/C14H26O4.C12H8O4/c1-3-5-6-9-12-18-14(16)11-8-7-10-13(15)17-4-2;13-11(14)9-3-1-7-5-10(12(15)16)4-2-8(7)6-9/h3-12H2,1-2H3;1-6H,(H,13,14)(H,15,16). The second-order valence-electron chi connectivity index (χ2n) is 7.68. The normalized spacial score (nSPS) is 10.2. The third-order valence-electron chi connectivity index (χ3n) is 4.91. The van der Waals surface area contributed by atoms with Crippen LogP contribution in [0.4, 0.5) is 0 Å². The zero-order chi connectivity index (χ0) is 25.3. The van der Waals surface area contributed by atoms with E-state index >= 15 is 0 Å². The molecule has 0 atom stereocenters. The first kappa shape index (κ1) is 28.6. The van der Waals surface area contributed by atoms with E-state index < -0.39 is 11.9 Å². The number of carboxylic acid groups (broad SMARTS) is 2. The van der Waals surface area contributed by atoms with Crippen LogP contribution in [-0.2, 0) is 19.1 Å². The van der Waals surface area contributed by atoms with Gasteiger partial charge in [-0.1, -0.05) is 38.3 Å². The first-order chi connectivity index (χ1) is 16.3. The maximum atomic E-state index is 11.3. The fourth-order valence-corrected chi connectivity index (χ4v) is 3.07. The molecule has 2 rings (SSSR count). The Morgan fingerprint density at radius 1 is 0.676 bits per heavy atom. The van der Waals surface area contributed by atoms with E-state index in [4.69, 9.17) is 19.7 Å². The molecule has 186 valence electrons. The molecule has 2 aromatic rings. The number of benzene rings is 2. The van der Waals surface area contributed by atoms with Crippen molar-refractivity contribution in [2.24, 2.45) is 0 Å². The Hall–Kier alpha value is -3.42. The van der Waals surface area contributed by atoms with E-state index in [1.54, 1.807) is 19.1 Å². The second kappa shape index (κ2) is 16.2. The van der Waals surface area contributed by atoms with Gasteiger partial charge in [0, 0.05) is 12.8 Å². The smallest absolute Gasteiger partial charge is 0.335 e. The molecular weight excluding hydrogens is 440 g/mol. The summed E-state index contributed by atoms with van der Waals surface area (Å²) in [7, 11) is 0. The molecule has 0 spiro atoms. The molecule has 0 aliphatic heterocycles. The van der Waals surface area contributed by atoms with Crippen molar-refractivity contribution < 1.29 is 38.9 Å². The van der Waals surface area contributed by atoms with Crippen LogP contribution in [0.3, 0.4) is 0 Å². The van der Waals surface area contributed by atoms with E-state index in [9.17, 15) is 19.2 Å². The number of carboxylic acids is 2. The van der Waals surface area contributed by atoms with Gasteiger partial charge in [0.15, 0.2) is 0 Å². The molecular formula is C26H34O8. The minimum atomic E-state index is -0.996. The molecule has 0 bridgehead atoms. The van der Waals surface area contributed by atoms with Gasteiger partial charge in [0.25, 0.3) is 0 Å². The third-order valence-corrected chi connectivity index (χ3v) is 4.91. The van der Waals surface area contributed by atoms with Crippen molar-refractivity contribution in [1.29, 1.82) is 0 Å². The molecule has 0 radical (unpaired) electrons. The lowest BCUT2D eigenvalue weighted by Gasteiger charge is -2.04. The summed E-state index contributed by atoms with van der Waals surface area (Å²) in [5, 5.41) is 19.0. The van der Waals surface area contributed by atoms with E-state index in [0.717, 1.165) is 12.8 Å². The number of fused-ring (bicyclic) bond motifs is 1. The quantitative estimate of drug-likeness (QED) is 0.289. The fourth-order valence-electron chi connectivity index (χ4n) is 3.07. The number of ether oxygens (including phenoxy) is 2. The van der Waals surface area contributed by atoms with Crippen LogP contribution in [0.25, 0.3) is 10.8 Å². The van der Waals surface area contributed by atoms with E-state index in [1.807, 2.05) is 0 Å². The highest BCUT2D eigenvalue weighted by molar-refractivity contribution is 5.97. The van der Waals surface area contributed by atoms with Gasteiger partial charge in [0.1, 0.15) is 0 Å². The average molecular weight is 475 g/mol. The van der Waals surface area contributed by atoms with Crippen molar-refractivity contribution in [3.63, 3.8) is 0 Å². The lowest BCUT2D eigenvalue weighted by molar-refractivity contribution is -0.145. The Labute approximate surface area is 199 Å². The van der Waals surface area contributed by atoms with Crippen LogP contribution in [0.15, 0.2) is 36.4 Å². The number of hydrogen-bond acceptors (Lipinski definition) is 6. The highest BCUT2D eigenvalue weighted by Gasteiger charge is 2.07. The Morgan fingerprint density at radius 2 is 1.18 bits per heavy atom. The summed E-state index contributed by atoms with van der Waals surface area (Å²) in [5.74, 6) is -2.34. The van der Waals surface area contributed by atoms with Gasteiger partial charge < -0.3 is 19.7 Å². The monoisotopic (exact) mass is 474 g/mol. The van der Waals surface area contributed by atoms with Crippen LogP contribution in [0.5, 0.6) is 0 Å². The highest BCUT2D eigenvalue weighted by Crippen LogP contribution is 2.18. The summed E-state index contributed by atoms with van der Waals surface area (Å²) in [6.07, 6.45) is 6.59. The molecule has 0 saturated carbocycles. The number of carbonyl (C=O) groups is 4. The van der Waals surface area contributed by atoms with Crippen molar-refractivity contribution in [2.75, 3.05) is 13.2 Å². The molecule has 0 heterocycles. The van der Waals surface area contributed by atoms with Gasteiger partial charge in [-0.05, 0) is 61.2 Å². The molecule has 0 aromatic heterocycles. The Balaban J connectivity index is 0.000000341. The first-order valence-electron chi connectivity index (χ1n) is 11.6. The van der Waals surface area contributed by atoms with Gasteiger partial charge in [0.05, 0.1) is 24.3 Å². The van der Waals surface area contributed by atoms with E-state index in [-0.39, 0.29) is 23.1 Å². The molecule has 2 aromatic carbocycles. The number of rotatable bonds is 13. The van der Waals surface area contributed by atoms with Gasteiger partial charge in [-0.3, -0.25) is 9.59 Å². The maximum Gasteiger partial charge on any atom is 0.335 e. The van der Waals surface area contributed by atoms with Crippen LogP contribution < -0.4 is 0 Å². The third kappa shape index (κ3) is 11.4. The predicted molar refractivity (Wildman–Crippen MR) is 128 cm³/mol. The summed E-state index contributed by atoms with van der Waals surface area (Å²) < 4.78 is 9.88. The molecule has 0 fully saturated rings. The zero-order valence-electron chi connectivity index (χ0n) is 19.9. The first-order valence-corrected chi connectivity index (χ1v) is 11.6. The number of esters is 2. The second-order valence-corrected chi connectivity index (χ2v) is 7.68. The summed E-state index contributed by atoms with van der Waals surface area (Å²) >= 11 is 0. The molecule has 0 aliphatic rings. The van der Waals surface area contributed by atoms with Crippen molar-refractivity contribution >= 4 is 34.6 Å². The molecule has 0 amide bonds. The SMILES string of the molecule is CCCCCCOC(=O)CCCCC(=O)OCC.O=C(O)c1ccc2cc(C(=O)O)ccc2c1. The topological polar surface area (TPSA) is 127 Å². The lowest BCUT2D eigenvalue weighted by Crippen LogP contribution is -2.07. The fraction of sp³-hybridized carbons (Fsp3) is 0.462. The van der Waals surface area contributed by atoms with Crippen molar-refractivity contribution in [3.8, 4) is 0 Å². The zero-order valence-corrected chi connectivity index (χ0v) is 19.9. The molecule has 34 heavy (non-hydrogen) atoms. The number of aromatic carboxylic acids is 2. The minimum Gasteiger partial charge on any atom is -0.478 e. The Morgan fingerprint density at radius 3 is 1.62 bits per heavy atom. The maximum absolute atomic E-state index is 11.3. The van der Waals surface area contributed by atoms with Gasteiger partial charge in [0.2, 0.25) is 0 Å². The predicted octanol–water partition coefficient (Wildman–Crippen LogP) is 5.47. The number of unbranched alkanes of at least 4 members (excludes halogenated alkanes) is 4. The van der Waals surface area contributed by atoms with E-state index in [2.05, 4.69) is 6.92 Å². The molecule has 0 saturated heterocycles.